The van der Waals surface area contributed by atoms with E-state index >= 15 is 0 Å². The molecule has 21 heavy (non-hydrogen) atoms. The Bertz CT molecular complexity index is 365. The van der Waals surface area contributed by atoms with E-state index in [1.54, 1.807) is 6.08 Å². The molecule has 0 heterocycles. The lowest BCUT2D eigenvalue weighted by Crippen LogP contribution is -2.08. The summed E-state index contributed by atoms with van der Waals surface area (Å²) in [7, 11) is 0. The fourth-order valence-electron chi connectivity index (χ4n) is 2.11. The monoisotopic (exact) mass is 293 g/mol. The zero-order valence-corrected chi connectivity index (χ0v) is 12.4. The molecule has 0 atom stereocenters. The molecule has 1 rings (SSSR count). The standard InChI is InChI=1S/C8H12N2O2.C7H11NO/c11-7-9-5-3-1-2-4-6-10-8-12;9-6-8-7-4-2-1-3-5-7/h1-6H2;7H,1-5H2. The van der Waals surface area contributed by atoms with Gasteiger partial charge in [0.1, 0.15) is 0 Å². The van der Waals surface area contributed by atoms with Crippen molar-refractivity contribution in [2.75, 3.05) is 13.1 Å². The molecule has 6 nitrogen and oxygen atoms in total. The van der Waals surface area contributed by atoms with Gasteiger partial charge in [-0.05, 0) is 25.7 Å². The number of hydrogen-bond donors (Lipinski definition) is 0. The molecule has 0 bridgehead atoms. The molecule has 0 N–H and O–H groups in total. The van der Waals surface area contributed by atoms with Crippen molar-refractivity contribution in [3.05, 3.63) is 0 Å². The Morgan fingerprint density at radius 1 is 0.714 bits per heavy atom. The van der Waals surface area contributed by atoms with E-state index in [1.807, 2.05) is 0 Å². The van der Waals surface area contributed by atoms with Crippen molar-refractivity contribution in [3.63, 3.8) is 0 Å². The molecule has 0 aliphatic heterocycles. The van der Waals surface area contributed by atoms with E-state index in [0.717, 1.165) is 38.5 Å². The molecular formula is C15H23N3O3. The second kappa shape index (κ2) is 16.2. The molecule has 116 valence electrons. The molecule has 0 saturated heterocycles. The lowest BCUT2D eigenvalue weighted by Gasteiger charge is -2.14. The number of isocyanates is 3. The number of carbonyl (C=O) groups excluding carboxylic acids is 3. The third-order valence-electron chi connectivity index (χ3n) is 3.23. The Morgan fingerprint density at radius 3 is 1.67 bits per heavy atom. The highest BCUT2D eigenvalue weighted by Gasteiger charge is 2.10. The van der Waals surface area contributed by atoms with Crippen LogP contribution < -0.4 is 0 Å². The summed E-state index contributed by atoms with van der Waals surface area (Å²) in [6, 6.07) is 0.302. The maximum absolute atomic E-state index is 9.78. The Hall–Kier alpha value is -1.86. The van der Waals surface area contributed by atoms with Crippen molar-refractivity contribution < 1.29 is 14.4 Å². The average Bonchev–Trinajstić information content (AvgIpc) is 2.52. The van der Waals surface area contributed by atoms with Crippen molar-refractivity contribution in [2.45, 2.75) is 63.8 Å². The highest BCUT2D eigenvalue weighted by Crippen LogP contribution is 2.19. The molecule has 0 spiro atoms. The van der Waals surface area contributed by atoms with Crippen molar-refractivity contribution in [1.82, 2.24) is 0 Å². The molecule has 0 aromatic rings. The Balaban J connectivity index is 0.000000394. The molecule has 0 unspecified atom stereocenters. The average molecular weight is 293 g/mol. The second-order valence-corrected chi connectivity index (χ2v) is 4.87. The maximum Gasteiger partial charge on any atom is 0.235 e. The summed E-state index contributed by atoms with van der Waals surface area (Å²) in [6.07, 6.45) is 14.4. The maximum atomic E-state index is 9.78. The molecule has 1 fully saturated rings. The summed E-state index contributed by atoms with van der Waals surface area (Å²) in [4.78, 5) is 39.5. The smallest absolute Gasteiger partial charge is 0.211 e. The van der Waals surface area contributed by atoms with Gasteiger partial charge in [-0.15, -0.1) is 0 Å². The SMILES string of the molecule is O=C=NC1CCCCC1.O=C=NCCCCCCN=C=O. The molecule has 0 aromatic carbocycles. The van der Waals surface area contributed by atoms with E-state index in [9.17, 15) is 14.4 Å². The van der Waals surface area contributed by atoms with Crippen LogP contribution in [-0.2, 0) is 14.4 Å². The van der Waals surface area contributed by atoms with Crippen LogP contribution in [0.25, 0.3) is 0 Å². The van der Waals surface area contributed by atoms with Gasteiger partial charge in [-0.25, -0.2) is 29.4 Å². The quantitative estimate of drug-likeness (QED) is 0.391. The van der Waals surface area contributed by atoms with Gasteiger partial charge in [0.25, 0.3) is 0 Å². The molecule has 1 aliphatic carbocycles. The van der Waals surface area contributed by atoms with Gasteiger partial charge in [-0.1, -0.05) is 32.1 Å². The van der Waals surface area contributed by atoms with Crippen LogP contribution in [-0.4, -0.2) is 37.4 Å². The van der Waals surface area contributed by atoms with Gasteiger partial charge in [0.15, 0.2) is 0 Å². The normalized spacial score (nSPS) is 13.7. The van der Waals surface area contributed by atoms with Crippen molar-refractivity contribution in [3.8, 4) is 0 Å². The van der Waals surface area contributed by atoms with E-state index in [-0.39, 0.29) is 0 Å². The van der Waals surface area contributed by atoms with E-state index in [4.69, 9.17) is 0 Å². The van der Waals surface area contributed by atoms with Crippen LogP contribution in [0.3, 0.4) is 0 Å². The summed E-state index contributed by atoms with van der Waals surface area (Å²) in [5, 5.41) is 0. The van der Waals surface area contributed by atoms with Crippen LogP contribution in [0.2, 0.25) is 0 Å². The summed E-state index contributed by atoms with van der Waals surface area (Å²) < 4.78 is 0. The van der Waals surface area contributed by atoms with Gasteiger partial charge in [0, 0.05) is 0 Å². The zero-order valence-electron chi connectivity index (χ0n) is 12.4. The molecule has 1 saturated carbocycles. The van der Waals surface area contributed by atoms with E-state index in [0.29, 0.717) is 19.1 Å². The van der Waals surface area contributed by atoms with Crippen LogP contribution in [0.1, 0.15) is 57.8 Å². The largest absolute Gasteiger partial charge is 0.235 e. The first-order chi connectivity index (χ1) is 10.3. The van der Waals surface area contributed by atoms with Crippen LogP contribution >= 0.6 is 0 Å². The van der Waals surface area contributed by atoms with E-state index in [1.165, 1.54) is 31.4 Å². The molecule has 0 aromatic heterocycles. The third-order valence-corrected chi connectivity index (χ3v) is 3.23. The third kappa shape index (κ3) is 14.4. The van der Waals surface area contributed by atoms with E-state index < -0.39 is 0 Å². The van der Waals surface area contributed by atoms with E-state index in [2.05, 4.69) is 15.0 Å². The number of rotatable bonds is 8. The minimum Gasteiger partial charge on any atom is -0.211 e. The first-order valence-corrected chi connectivity index (χ1v) is 7.49. The van der Waals surface area contributed by atoms with Crippen LogP contribution in [0, 0.1) is 0 Å². The number of nitrogens with zero attached hydrogens (tertiary/aromatic N) is 3. The molecule has 1 aliphatic rings. The molecule has 6 heteroatoms. The second-order valence-electron chi connectivity index (χ2n) is 4.87. The molecule has 0 amide bonds. The Kier molecular flexibility index (Phi) is 14.8. The predicted molar refractivity (Wildman–Crippen MR) is 79.4 cm³/mol. The van der Waals surface area contributed by atoms with Crippen molar-refractivity contribution in [2.24, 2.45) is 15.0 Å². The summed E-state index contributed by atoms with van der Waals surface area (Å²) in [5.41, 5.74) is 0. The number of aliphatic imine (C=N–C) groups is 3. The lowest BCUT2D eigenvalue weighted by molar-refractivity contribution is 0.439. The van der Waals surface area contributed by atoms with Gasteiger partial charge >= 0.3 is 0 Å². The molecule has 0 radical (unpaired) electrons. The number of hydrogen-bond acceptors (Lipinski definition) is 6. The first kappa shape index (κ1) is 19.1. The zero-order chi connectivity index (χ0) is 15.6. The van der Waals surface area contributed by atoms with Gasteiger partial charge in [-0.2, -0.15) is 0 Å². The Labute approximate surface area is 125 Å². The minimum absolute atomic E-state index is 0.302. The summed E-state index contributed by atoms with van der Waals surface area (Å²) >= 11 is 0. The minimum atomic E-state index is 0.302. The fourth-order valence-corrected chi connectivity index (χ4v) is 2.11. The van der Waals surface area contributed by atoms with Crippen LogP contribution in [0.5, 0.6) is 0 Å². The van der Waals surface area contributed by atoms with Gasteiger partial charge in [-0.3, -0.25) is 0 Å². The van der Waals surface area contributed by atoms with Gasteiger partial charge in [0.05, 0.1) is 19.1 Å². The highest BCUT2D eigenvalue weighted by atomic mass is 16.1. The highest BCUT2D eigenvalue weighted by molar-refractivity contribution is 5.33. The summed E-state index contributed by atoms with van der Waals surface area (Å²) in [6.45, 7) is 1.11. The topological polar surface area (TPSA) is 88.3 Å². The predicted octanol–water partition coefficient (Wildman–Crippen LogP) is 2.87. The lowest BCUT2D eigenvalue weighted by atomic mass is 9.96. The molecular weight excluding hydrogens is 270 g/mol. The fraction of sp³-hybridized carbons (Fsp3) is 0.800. The Morgan fingerprint density at radius 2 is 1.24 bits per heavy atom. The van der Waals surface area contributed by atoms with Crippen molar-refractivity contribution in [1.29, 1.82) is 0 Å². The van der Waals surface area contributed by atoms with Crippen LogP contribution in [0.15, 0.2) is 15.0 Å². The first-order valence-electron chi connectivity index (χ1n) is 7.49. The van der Waals surface area contributed by atoms with Gasteiger partial charge in [0.2, 0.25) is 18.2 Å². The van der Waals surface area contributed by atoms with Crippen LogP contribution in [0.4, 0.5) is 0 Å². The van der Waals surface area contributed by atoms with Gasteiger partial charge < -0.3 is 0 Å². The van der Waals surface area contributed by atoms with Crippen molar-refractivity contribution >= 4 is 18.2 Å². The number of unbranched alkanes of at least 4 members (excludes halogenated alkanes) is 3. The summed E-state index contributed by atoms with van der Waals surface area (Å²) in [5.74, 6) is 0.